The predicted molar refractivity (Wildman–Crippen MR) is 550 cm³/mol. The maximum absolute atomic E-state index is 9.11. The Kier molecular flexibility index (Phi) is 34.6. The minimum absolute atomic E-state index is 0.430. The zero-order valence-corrected chi connectivity index (χ0v) is 93.9. The summed E-state index contributed by atoms with van der Waals surface area (Å²) >= 11 is 0. The lowest BCUT2D eigenvalue weighted by Gasteiger charge is -2.52. The third kappa shape index (κ3) is 26.8. The molecule has 656 valence electrons. The molecule has 6 unspecified atom stereocenters. The minimum Gasteiger partial charge on any atom is -0.409 e. The first kappa shape index (κ1) is 103. The van der Waals surface area contributed by atoms with E-state index in [0.717, 1.165) is 0 Å². The van der Waals surface area contributed by atoms with Crippen molar-refractivity contribution in [3.63, 3.8) is 0 Å². The van der Waals surface area contributed by atoms with Crippen molar-refractivity contribution in [2.45, 2.75) is 131 Å². The van der Waals surface area contributed by atoms with Crippen molar-refractivity contribution in [3.05, 3.63) is 365 Å². The number of hydrogen-bond acceptors (Lipinski definition) is 17. The normalized spacial score (nSPS) is 16.1. The second-order valence-corrected chi connectivity index (χ2v) is 98.7. The van der Waals surface area contributed by atoms with Gasteiger partial charge in [0.15, 0.2) is 0 Å². The van der Waals surface area contributed by atoms with Crippen molar-refractivity contribution >= 4 is 195 Å². The Morgan fingerprint density at radius 2 is 0.203 bits per heavy atom. The van der Waals surface area contributed by atoms with Gasteiger partial charge < -0.3 is 70.0 Å². The summed E-state index contributed by atoms with van der Waals surface area (Å²) in [5.41, 5.74) is 18.6. The van der Waals surface area contributed by atoms with E-state index in [9.17, 15) is 0 Å². The molecule has 0 aliphatic rings. The molecule has 8 aromatic carbocycles. The summed E-state index contributed by atoms with van der Waals surface area (Å²) in [5.74, 6) is 0. The van der Waals surface area contributed by atoms with Crippen LogP contribution < -0.4 is 41.5 Å². The highest BCUT2D eigenvalue weighted by molar-refractivity contribution is 7.09. The lowest BCUT2D eigenvalue weighted by atomic mass is 10.4. The summed E-state index contributed by atoms with van der Waals surface area (Å²) in [4.78, 5) is 0. The summed E-state index contributed by atoms with van der Waals surface area (Å²) < 4.78 is 144. The van der Waals surface area contributed by atoms with Gasteiger partial charge in [-0.2, -0.15) is 0 Å². The molecule has 8 aromatic rings. The maximum atomic E-state index is 9.11. The van der Waals surface area contributed by atoms with Crippen LogP contribution in [0.1, 0.15) is 0 Å². The van der Waals surface area contributed by atoms with Gasteiger partial charge in [-0.15, -0.1) is 65.8 Å². The molecule has 8 rings (SSSR count). The van der Waals surface area contributed by atoms with Crippen molar-refractivity contribution < 1.29 is 70.0 Å². The van der Waals surface area contributed by atoms with Gasteiger partial charge in [-0.05, 0) is 131 Å². The summed E-state index contributed by atoms with van der Waals surface area (Å²) in [6.45, 7) is 86.0. The van der Waals surface area contributed by atoms with Crippen LogP contribution in [0.5, 0.6) is 0 Å². The Bertz CT molecular complexity index is 4530. The van der Waals surface area contributed by atoms with E-state index in [1.165, 1.54) is 0 Å². The topological polar surface area (TPSA) is 157 Å². The molecule has 0 aliphatic carbocycles. The number of rotatable bonds is 52. The van der Waals surface area contributed by atoms with Crippen LogP contribution in [-0.2, 0) is 70.0 Å². The summed E-state index contributed by atoms with van der Waals surface area (Å²) in [5, 5.41) is 4.05. The van der Waals surface area contributed by atoms with E-state index < -0.39 is 154 Å². The Hall–Kier alpha value is -5.62. The molecule has 0 aliphatic heterocycles. The molecule has 0 heterocycles. The molecule has 0 radical (unpaired) electrons. The number of hydrogen-bond donors (Lipinski definition) is 0. The van der Waals surface area contributed by atoms with Crippen LogP contribution in [0.25, 0.3) is 0 Å². The Labute approximate surface area is 755 Å². The summed E-state index contributed by atoms with van der Waals surface area (Å²) in [6.07, 6.45) is 0. The van der Waals surface area contributed by atoms with Crippen LogP contribution in [0.3, 0.4) is 0 Å². The molecule has 0 bridgehead atoms. The fourth-order valence-corrected chi connectivity index (χ4v) is 82.2. The van der Waals surface area contributed by atoms with Crippen molar-refractivity contribution in [1.82, 2.24) is 0 Å². The fourth-order valence-electron chi connectivity index (χ4n) is 12.2. The molecule has 0 saturated heterocycles. The van der Waals surface area contributed by atoms with Gasteiger partial charge in [0.25, 0.3) is 0 Å². The second-order valence-electron chi connectivity index (χ2n) is 35.2. The van der Waals surface area contributed by atoms with E-state index in [4.69, 9.17) is 70.0 Å². The molecular weight excluding hydrogens is 1830 g/mol. The Morgan fingerprint density at radius 1 is 0.130 bits per heavy atom. The Balaban J connectivity index is 1.71. The fraction of sp³-hybridized carbons (Fsp3) is 0.227. The van der Waals surface area contributed by atoms with Gasteiger partial charge in [-0.3, -0.25) is 0 Å². The predicted octanol–water partition coefficient (Wildman–Crippen LogP) is 17.3. The van der Waals surface area contributed by atoms with E-state index in [1.54, 1.807) is 0 Å². The van der Waals surface area contributed by atoms with Gasteiger partial charge in [0.05, 0.1) is 0 Å². The SMILES string of the molecule is C=C[Si](C)(C)O[Si](O[Si](C)(C)C=C)(O[Si](O[Si](C)(C)C=C)(O[Si](O[Si](C)(C)C=C)(O[Si](O[Si](C)(C)C=C)(O[Si](O[Si](C)(C)C=C)(O[Si](O[Si](C)(C)C=C)(O[Si](O[Si](C)(C)C=C)(O[Si](O[Si](C)(C)C=C)(O[Si](C)(C)C=C)c1ccccc1)c1ccccc1)c1ccccc1)c1ccccc1)c1ccccc1)c1ccccc1)c1ccccc1)c1ccccc1. The monoisotopic (exact) mass is 1960 g/mol. The first-order chi connectivity index (χ1) is 57.5. The third-order valence-corrected chi connectivity index (χ3v) is 84.8. The van der Waals surface area contributed by atoms with Crippen LogP contribution >= 0.6 is 0 Å². The first-order valence-electron chi connectivity index (χ1n) is 41.2. The molecule has 123 heavy (non-hydrogen) atoms. The van der Waals surface area contributed by atoms with E-state index in [1.807, 2.05) is 378 Å². The van der Waals surface area contributed by atoms with Gasteiger partial charge in [-0.25, -0.2) is 0 Å². The van der Waals surface area contributed by atoms with Crippen molar-refractivity contribution in [2.24, 2.45) is 0 Å². The zero-order chi connectivity index (χ0) is 91.0. The van der Waals surface area contributed by atoms with Crippen LogP contribution in [0, 0.1) is 0 Å². The standard InChI is InChI=1S/C88H130O17Si18/c1-31-106(11,12)89-116(90-107(13,14)32-2,81-65-49-41-50-66-81)99-118(93-110(19,20)35-5,83-69-53-43-54-70-83)101-120(95-112(23,24)37-7,85-73-57-45-58-74-85)103-122(97-114(27,28)39-9,87-77-61-47-62-78-87)105-123(98-115(29,30)40-10,88-79-63-48-64-80-88)104-121(96-113(25,26)38-8,86-75-59-46-60-76-86)102-119(94-111(21,22)36-6,84-71-55-44-56-72-84)100-117(91-108(15,16)33-3,92-109(17,18)34-4)82-67-51-42-52-68-82/h31-80H,1-10H2,11-30H3. The van der Waals surface area contributed by atoms with Gasteiger partial charge in [0, 0.05) is 41.5 Å². The Morgan fingerprint density at radius 3 is 0.276 bits per heavy atom. The molecule has 0 amide bonds. The third-order valence-electron chi connectivity index (χ3n) is 19.8. The van der Waals surface area contributed by atoms with Crippen LogP contribution in [0.2, 0.25) is 131 Å². The highest BCUT2D eigenvalue weighted by Gasteiger charge is 2.74. The van der Waals surface area contributed by atoms with E-state index in [2.05, 4.69) is 118 Å². The smallest absolute Gasteiger partial charge is 0.409 e. The quantitative estimate of drug-likeness (QED) is 0.0331. The molecule has 0 aromatic heterocycles. The molecule has 0 spiro atoms. The van der Waals surface area contributed by atoms with Crippen molar-refractivity contribution in [1.29, 1.82) is 0 Å². The van der Waals surface area contributed by atoms with Gasteiger partial charge in [-0.1, -0.05) is 300 Å². The van der Waals surface area contributed by atoms with Gasteiger partial charge >= 0.3 is 70.4 Å². The molecule has 0 fully saturated rings. The molecular formula is C88H130O17Si18. The minimum atomic E-state index is -5.52. The largest absolute Gasteiger partial charge is 0.512 e. The highest BCUT2D eigenvalue weighted by atomic mass is 28.6. The van der Waals surface area contributed by atoms with E-state index in [0.29, 0.717) is 41.5 Å². The molecule has 17 nitrogen and oxygen atoms in total. The molecule has 35 heteroatoms. The first-order valence-corrected chi connectivity index (χ1v) is 84.8. The van der Waals surface area contributed by atoms with Gasteiger partial charge in [0.1, 0.15) is 0 Å². The maximum Gasteiger partial charge on any atom is 0.512 e. The number of benzene rings is 8. The molecule has 6 atom stereocenters. The lowest BCUT2D eigenvalue weighted by molar-refractivity contribution is 0.123. The van der Waals surface area contributed by atoms with Crippen molar-refractivity contribution in [3.8, 4) is 0 Å². The van der Waals surface area contributed by atoms with E-state index in [-0.39, 0.29) is 0 Å². The summed E-state index contributed by atoms with van der Waals surface area (Å²) in [6, 6.07) is 77.7. The van der Waals surface area contributed by atoms with Gasteiger partial charge in [0.2, 0.25) is 83.2 Å². The highest BCUT2D eigenvalue weighted by Crippen LogP contribution is 2.41. The average molecular weight is 1970 g/mol. The van der Waals surface area contributed by atoms with E-state index >= 15 is 0 Å². The average Bonchev–Trinajstić information content (AvgIpc) is 0.716. The zero-order valence-electron chi connectivity index (χ0n) is 75.9. The van der Waals surface area contributed by atoms with Crippen LogP contribution in [0.15, 0.2) is 365 Å². The molecule has 0 saturated carbocycles. The lowest BCUT2D eigenvalue weighted by Crippen LogP contribution is -2.83. The van der Waals surface area contributed by atoms with Crippen LogP contribution in [0.4, 0.5) is 0 Å². The van der Waals surface area contributed by atoms with Crippen molar-refractivity contribution in [2.75, 3.05) is 0 Å². The second kappa shape index (κ2) is 41.4. The molecule has 0 N–H and O–H groups in total. The van der Waals surface area contributed by atoms with Crippen LogP contribution in [-0.4, -0.2) is 154 Å². The summed E-state index contributed by atoms with van der Waals surface area (Å²) in [7, 11) is -74.9.